The summed E-state index contributed by atoms with van der Waals surface area (Å²) in [5, 5.41) is 43.3. The number of hydrogen-bond acceptors (Lipinski definition) is 5. The lowest BCUT2D eigenvalue weighted by molar-refractivity contribution is -0.132. The lowest BCUT2D eigenvalue weighted by Gasteiger charge is -2.27. The zero-order valence-electron chi connectivity index (χ0n) is 28.2. The molecule has 6 nitrogen and oxygen atoms in total. The predicted molar refractivity (Wildman–Crippen MR) is 182 cm³/mol. The molecule has 0 aliphatic carbocycles. The highest BCUT2D eigenvalue weighted by molar-refractivity contribution is 5.80. The van der Waals surface area contributed by atoms with Crippen molar-refractivity contribution < 1.29 is 25.2 Å². The Morgan fingerprint density at radius 2 is 0.953 bits per heavy atom. The van der Waals surface area contributed by atoms with E-state index < -0.39 is 36.9 Å². The van der Waals surface area contributed by atoms with E-state index in [1.807, 2.05) is 0 Å². The number of rotatable bonds is 32. The Morgan fingerprint density at radius 3 is 1.42 bits per heavy atom. The number of hydrogen-bond donors (Lipinski definition) is 5. The van der Waals surface area contributed by atoms with Gasteiger partial charge in [-0.1, -0.05) is 134 Å². The van der Waals surface area contributed by atoms with Crippen LogP contribution in [0, 0.1) is 0 Å². The number of carbonyl (C=O) groups is 1. The molecule has 0 aromatic heterocycles. The summed E-state index contributed by atoms with van der Waals surface area (Å²) >= 11 is 0. The normalized spacial score (nSPS) is 14.8. The summed E-state index contributed by atoms with van der Waals surface area (Å²) in [5.41, 5.74) is 0. The summed E-state index contributed by atoms with van der Waals surface area (Å²) < 4.78 is 0. The minimum absolute atomic E-state index is 0.356. The van der Waals surface area contributed by atoms with Crippen LogP contribution >= 0.6 is 0 Å². The summed E-state index contributed by atoms with van der Waals surface area (Å²) in [4.78, 5) is 12.4. The molecule has 0 saturated carbocycles. The minimum atomic E-state index is -1.28. The van der Waals surface area contributed by atoms with Crippen LogP contribution in [0.25, 0.3) is 0 Å². The van der Waals surface area contributed by atoms with Gasteiger partial charge in [-0.2, -0.15) is 0 Å². The summed E-state index contributed by atoms with van der Waals surface area (Å²) in [7, 11) is 0. The fraction of sp³-hybridized carbons (Fsp3) is 0.865. The van der Waals surface area contributed by atoms with E-state index in [0.29, 0.717) is 12.8 Å². The van der Waals surface area contributed by atoms with Gasteiger partial charge in [-0.15, -0.1) is 0 Å². The Balaban J connectivity index is 3.89. The number of allylic oxidation sites excluding steroid dienone is 4. The second-order valence-electron chi connectivity index (χ2n) is 12.6. The van der Waals surface area contributed by atoms with E-state index >= 15 is 0 Å². The molecule has 0 aromatic rings. The summed E-state index contributed by atoms with van der Waals surface area (Å²) in [6.45, 7) is 3.99. The first-order valence-electron chi connectivity index (χ1n) is 18.2. The highest BCUT2D eigenvalue weighted by Gasteiger charge is 2.28. The largest absolute Gasteiger partial charge is 0.394 e. The van der Waals surface area contributed by atoms with Crippen molar-refractivity contribution in [1.82, 2.24) is 5.32 Å². The molecular weight excluding hydrogens is 538 g/mol. The number of unbranched alkanes of at least 4 members (excludes halogenated alkanes) is 19. The van der Waals surface area contributed by atoms with Crippen molar-refractivity contribution in [2.45, 2.75) is 199 Å². The first kappa shape index (κ1) is 41.8. The molecule has 0 rings (SSSR count). The topological polar surface area (TPSA) is 110 Å². The van der Waals surface area contributed by atoms with Crippen molar-refractivity contribution >= 4 is 5.91 Å². The van der Waals surface area contributed by atoms with E-state index in [9.17, 15) is 25.2 Å². The van der Waals surface area contributed by atoms with Crippen molar-refractivity contribution in [1.29, 1.82) is 0 Å². The second kappa shape index (κ2) is 32.2. The Kier molecular flexibility index (Phi) is 31.3. The highest BCUT2D eigenvalue weighted by Crippen LogP contribution is 2.14. The van der Waals surface area contributed by atoms with Crippen LogP contribution in [0.1, 0.15) is 174 Å². The minimum Gasteiger partial charge on any atom is -0.394 e. The first-order chi connectivity index (χ1) is 21.0. The molecule has 43 heavy (non-hydrogen) atoms. The van der Waals surface area contributed by atoms with Crippen molar-refractivity contribution in [3.05, 3.63) is 24.3 Å². The summed E-state index contributed by atoms with van der Waals surface area (Å²) in [6, 6.07) is -1.000. The van der Waals surface area contributed by atoms with Crippen LogP contribution in [0.5, 0.6) is 0 Å². The molecule has 0 saturated heterocycles. The maximum atomic E-state index is 12.4. The van der Waals surface area contributed by atoms with Gasteiger partial charge >= 0.3 is 0 Å². The fourth-order valence-electron chi connectivity index (χ4n) is 5.40. The van der Waals surface area contributed by atoms with E-state index in [-0.39, 0.29) is 0 Å². The third-order valence-corrected chi connectivity index (χ3v) is 8.38. The zero-order valence-corrected chi connectivity index (χ0v) is 28.2. The standard InChI is InChI=1S/C37H71NO5/c1-3-5-7-9-11-13-15-17-19-21-23-25-27-29-31-35(41)37(43)38-33(32-39)36(42)34(40)30-28-26-24-22-20-18-16-14-12-10-8-6-4-2/h13,15,22,24,33-36,39-42H,3-12,14,16-21,23,25-32H2,1-2H3,(H,38,43)/b15-13-,24-22+. The SMILES string of the molecule is CCCCCC/C=C\CCCCCCCCC(O)C(=O)NC(CO)C(O)C(O)CCC/C=C/CCCCCCCCCC. The quantitative estimate of drug-likeness (QED) is 0.0388. The Morgan fingerprint density at radius 1 is 0.558 bits per heavy atom. The van der Waals surface area contributed by atoms with Crippen molar-refractivity contribution in [3.63, 3.8) is 0 Å². The van der Waals surface area contributed by atoms with Gasteiger partial charge in [0.05, 0.1) is 18.8 Å². The molecule has 0 bridgehead atoms. The molecule has 0 heterocycles. The molecule has 0 radical (unpaired) electrons. The van der Waals surface area contributed by atoms with Crippen molar-refractivity contribution in [2.24, 2.45) is 0 Å². The molecule has 0 aliphatic heterocycles. The van der Waals surface area contributed by atoms with E-state index in [0.717, 1.165) is 44.9 Å². The van der Waals surface area contributed by atoms with Crippen molar-refractivity contribution in [3.8, 4) is 0 Å². The first-order valence-corrected chi connectivity index (χ1v) is 18.2. The van der Waals surface area contributed by atoms with Gasteiger partial charge in [0.25, 0.3) is 0 Å². The third kappa shape index (κ3) is 26.9. The molecule has 0 aliphatic rings. The molecule has 4 atom stereocenters. The number of aliphatic hydroxyl groups excluding tert-OH is 4. The fourth-order valence-corrected chi connectivity index (χ4v) is 5.40. The Labute approximate surface area is 265 Å². The number of amides is 1. The molecule has 1 amide bonds. The van der Waals surface area contributed by atoms with Gasteiger partial charge in [-0.25, -0.2) is 0 Å². The van der Waals surface area contributed by atoms with Crippen LogP contribution in [0.2, 0.25) is 0 Å². The molecule has 254 valence electrons. The van der Waals surface area contributed by atoms with Gasteiger partial charge in [0.15, 0.2) is 0 Å². The van der Waals surface area contributed by atoms with Crippen LogP contribution in [-0.4, -0.2) is 57.3 Å². The summed E-state index contributed by atoms with van der Waals surface area (Å²) in [5.74, 6) is -0.601. The molecular formula is C37H71NO5. The van der Waals surface area contributed by atoms with E-state index in [4.69, 9.17) is 0 Å². The van der Waals surface area contributed by atoms with Gasteiger partial charge in [0.2, 0.25) is 5.91 Å². The monoisotopic (exact) mass is 610 g/mol. The maximum Gasteiger partial charge on any atom is 0.249 e. The number of nitrogens with one attached hydrogen (secondary N) is 1. The van der Waals surface area contributed by atoms with Gasteiger partial charge in [-0.3, -0.25) is 4.79 Å². The molecule has 0 fully saturated rings. The Bertz CT molecular complexity index is 653. The third-order valence-electron chi connectivity index (χ3n) is 8.38. The molecule has 0 aromatic carbocycles. The van der Waals surface area contributed by atoms with Gasteiger partial charge in [0, 0.05) is 0 Å². The summed E-state index contributed by atoms with van der Waals surface area (Å²) in [6.07, 6.45) is 33.4. The molecule has 5 N–H and O–H groups in total. The lowest BCUT2D eigenvalue weighted by Crippen LogP contribution is -2.53. The average molecular weight is 610 g/mol. The highest BCUT2D eigenvalue weighted by atomic mass is 16.3. The van der Waals surface area contributed by atoms with Crippen LogP contribution in [0.3, 0.4) is 0 Å². The number of carbonyl (C=O) groups excluding carboxylic acids is 1. The molecule has 4 unspecified atom stereocenters. The van der Waals surface area contributed by atoms with Crippen LogP contribution in [0.15, 0.2) is 24.3 Å². The molecule has 0 spiro atoms. The molecule has 6 heteroatoms. The second-order valence-corrected chi connectivity index (χ2v) is 12.6. The van der Waals surface area contributed by atoms with Gasteiger partial charge < -0.3 is 25.7 Å². The van der Waals surface area contributed by atoms with Gasteiger partial charge in [0.1, 0.15) is 12.2 Å². The average Bonchev–Trinajstić information content (AvgIpc) is 3.01. The maximum absolute atomic E-state index is 12.4. The van der Waals surface area contributed by atoms with Gasteiger partial charge in [-0.05, 0) is 64.2 Å². The van der Waals surface area contributed by atoms with E-state index in [1.165, 1.54) is 103 Å². The lowest BCUT2D eigenvalue weighted by atomic mass is 10.00. The predicted octanol–water partition coefficient (Wildman–Crippen LogP) is 8.45. The van der Waals surface area contributed by atoms with Crippen molar-refractivity contribution in [2.75, 3.05) is 6.61 Å². The van der Waals surface area contributed by atoms with Crippen LogP contribution in [-0.2, 0) is 4.79 Å². The van der Waals surface area contributed by atoms with E-state index in [1.54, 1.807) is 0 Å². The van der Waals surface area contributed by atoms with Crippen LogP contribution < -0.4 is 5.32 Å². The van der Waals surface area contributed by atoms with Crippen LogP contribution in [0.4, 0.5) is 0 Å². The Hall–Kier alpha value is -1.21. The number of aliphatic hydroxyl groups is 4. The smallest absolute Gasteiger partial charge is 0.249 e. The zero-order chi connectivity index (χ0) is 31.8. The van der Waals surface area contributed by atoms with E-state index in [2.05, 4.69) is 43.5 Å².